The number of carbonyl (C=O) groups excluding carboxylic acids is 1. The molecule has 1 unspecified atom stereocenters. The number of rotatable bonds is 3. The Hall–Kier alpha value is -1.59. The van der Waals surface area contributed by atoms with Crippen molar-refractivity contribution in [3.05, 3.63) is 29.3 Å². The Kier molecular flexibility index (Phi) is 3.78. The number of benzene rings is 1. The Bertz CT molecular complexity index is 486. The number of ether oxygens (including phenoxy) is 2. The third kappa shape index (κ3) is 3.45. The second-order valence-electron chi connectivity index (χ2n) is 5.25. The number of carbonyl (C=O) groups is 1. The number of hydrogen-bond acceptors (Lipinski definition) is 4. The predicted octanol–water partition coefficient (Wildman–Crippen LogP) is 1.46. The van der Waals surface area contributed by atoms with Crippen LogP contribution in [0.4, 0.5) is 5.69 Å². The number of amides is 1. The molecule has 3 N–H and O–H groups in total. The van der Waals surface area contributed by atoms with Crippen LogP contribution in [0.3, 0.4) is 0 Å². The first-order chi connectivity index (χ1) is 8.87. The molecule has 0 radical (unpaired) electrons. The maximum absolute atomic E-state index is 12.0. The summed E-state index contributed by atoms with van der Waals surface area (Å²) in [4.78, 5) is 12.0. The molecule has 5 heteroatoms. The first-order valence-electron chi connectivity index (χ1n) is 6.33. The second-order valence-corrected chi connectivity index (χ2v) is 5.25. The third-order valence-corrected chi connectivity index (χ3v) is 3.01. The van der Waals surface area contributed by atoms with Crippen molar-refractivity contribution in [3.8, 4) is 0 Å². The summed E-state index contributed by atoms with van der Waals surface area (Å²) in [5, 5.41) is 2.82. The molecule has 1 fully saturated rings. The summed E-state index contributed by atoms with van der Waals surface area (Å²) >= 11 is 0. The highest BCUT2D eigenvalue weighted by molar-refractivity contribution is 5.99. The van der Waals surface area contributed by atoms with Crippen LogP contribution in [0.25, 0.3) is 0 Å². The van der Waals surface area contributed by atoms with Gasteiger partial charge in [-0.2, -0.15) is 0 Å². The van der Waals surface area contributed by atoms with E-state index in [1.807, 2.05) is 26.8 Å². The van der Waals surface area contributed by atoms with Gasteiger partial charge >= 0.3 is 0 Å². The number of nitrogens with two attached hydrogens (primary N) is 1. The van der Waals surface area contributed by atoms with E-state index in [2.05, 4.69) is 5.32 Å². The molecule has 1 aliphatic heterocycles. The lowest BCUT2D eigenvalue weighted by molar-refractivity contribution is -0.137. The molecule has 0 aromatic heterocycles. The van der Waals surface area contributed by atoms with Gasteiger partial charge in [0.2, 0.25) is 0 Å². The van der Waals surface area contributed by atoms with Gasteiger partial charge in [-0.15, -0.1) is 0 Å². The molecule has 104 valence electrons. The van der Waals surface area contributed by atoms with Gasteiger partial charge in [0.1, 0.15) is 6.10 Å². The average Bonchev–Trinajstić information content (AvgIpc) is 2.69. The van der Waals surface area contributed by atoms with E-state index in [1.54, 1.807) is 12.1 Å². The van der Waals surface area contributed by atoms with Crippen molar-refractivity contribution in [1.82, 2.24) is 5.32 Å². The summed E-state index contributed by atoms with van der Waals surface area (Å²) in [6, 6.07) is 5.39. The van der Waals surface area contributed by atoms with E-state index >= 15 is 0 Å². The maximum atomic E-state index is 12.0. The molecule has 0 saturated carbocycles. The van der Waals surface area contributed by atoms with Gasteiger partial charge in [0, 0.05) is 12.2 Å². The molecule has 1 atom stereocenters. The summed E-state index contributed by atoms with van der Waals surface area (Å²) in [5.74, 6) is -0.757. The van der Waals surface area contributed by atoms with E-state index in [0.29, 0.717) is 24.4 Å². The van der Waals surface area contributed by atoms with Crippen molar-refractivity contribution in [1.29, 1.82) is 0 Å². The quantitative estimate of drug-likeness (QED) is 0.811. The SMILES string of the molecule is Cc1ccc(N)c(C(=O)NCC2COC(C)(C)O2)c1. The molecule has 2 rings (SSSR count). The van der Waals surface area contributed by atoms with Gasteiger partial charge in [0.15, 0.2) is 5.79 Å². The van der Waals surface area contributed by atoms with Gasteiger partial charge in [-0.05, 0) is 32.9 Å². The zero-order valence-electron chi connectivity index (χ0n) is 11.5. The first kappa shape index (κ1) is 13.8. The van der Waals surface area contributed by atoms with Gasteiger partial charge in [0.05, 0.1) is 12.2 Å². The van der Waals surface area contributed by atoms with Crippen molar-refractivity contribution in [3.63, 3.8) is 0 Å². The summed E-state index contributed by atoms with van der Waals surface area (Å²) in [5.41, 5.74) is 7.78. The van der Waals surface area contributed by atoms with Crippen molar-refractivity contribution in [2.24, 2.45) is 0 Å². The minimum Gasteiger partial charge on any atom is -0.398 e. The van der Waals surface area contributed by atoms with E-state index in [-0.39, 0.29) is 12.0 Å². The molecule has 1 aliphatic rings. The van der Waals surface area contributed by atoms with E-state index in [0.717, 1.165) is 5.56 Å². The van der Waals surface area contributed by atoms with Gasteiger partial charge in [0.25, 0.3) is 5.91 Å². The normalized spacial score (nSPS) is 21.3. The van der Waals surface area contributed by atoms with Crippen LogP contribution in [-0.2, 0) is 9.47 Å². The molecule has 0 aliphatic carbocycles. The Morgan fingerprint density at radius 3 is 2.89 bits per heavy atom. The minimum absolute atomic E-state index is 0.120. The maximum Gasteiger partial charge on any atom is 0.253 e. The average molecular weight is 264 g/mol. The molecular formula is C14H20N2O3. The molecule has 1 aromatic carbocycles. The monoisotopic (exact) mass is 264 g/mol. The van der Waals surface area contributed by atoms with E-state index in [9.17, 15) is 4.79 Å². The Morgan fingerprint density at radius 2 is 2.26 bits per heavy atom. The molecule has 19 heavy (non-hydrogen) atoms. The Balaban J connectivity index is 1.93. The molecule has 0 bridgehead atoms. The largest absolute Gasteiger partial charge is 0.398 e. The van der Waals surface area contributed by atoms with Crippen LogP contribution in [0.5, 0.6) is 0 Å². The first-order valence-corrected chi connectivity index (χ1v) is 6.33. The molecule has 1 amide bonds. The summed E-state index contributed by atoms with van der Waals surface area (Å²) in [7, 11) is 0. The molecular weight excluding hydrogens is 244 g/mol. The number of hydrogen-bond donors (Lipinski definition) is 2. The minimum atomic E-state index is -0.572. The lowest BCUT2D eigenvalue weighted by Gasteiger charge is -2.17. The fourth-order valence-corrected chi connectivity index (χ4v) is 2.03. The van der Waals surface area contributed by atoms with Crippen molar-refractivity contribution < 1.29 is 14.3 Å². The zero-order valence-corrected chi connectivity index (χ0v) is 11.5. The van der Waals surface area contributed by atoms with Crippen LogP contribution < -0.4 is 11.1 Å². The highest BCUT2D eigenvalue weighted by Gasteiger charge is 2.32. The molecule has 1 heterocycles. The lowest BCUT2D eigenvalue weighted by atomic mass is 10.1. The molecule has 0 spiro atoms. The zero-order chi connectivity index (χ0) is 14.0. The predicted molar refractivity (Wildman–Crippen MR) is 72.8 cm³/mol. The highest BCUT2D eigenvalue weighted by atomic mass is 16.7. The number of nitrogens with one attached hydrogen (secondary N) is 1. The van der Waals surface area contributed by atoms with Gasteiger partial charge in [-0.3, -0.25) is 4.79 Å². The van der Waals surface area contributed by atoms with Crippen LogP contribution in [0.1, 0.15) is 29.8 Å². The smallest absolute Gasteiger partial charge is 0.253 e. The molecule has 1 saturated heterocycles. The van der Waals surface area contributed by atoms with Crippen LogP contribution in [0.15, 0.2) is 18.2 Å². The van der Waals surface area contributed by atoms with Crippen LogP contribution in [-0.4, -0.2) is 30.9 Å². The standard InChI is InChI=1S/C14H20N2O3/c1-9-4-5-12(15)11(6-9)13(17)16-7-10-8-18-14(2,3)19-10/h4-6,10H,7-8,15H2,1-3H3,(H,16,17). The third-order valence-electron chi connectivity index (χ3n) is 3.01. The van der Waals surface area contributed by atoms with E-state index < -0.39 is 5.79 Å². The van der Waals surface area contributed by atoms with E-state index in [1.165, 1.54) is 0 Å². The molecule has 5 nitrogen and oxygen atoms in total. The topological polar surface area (TPSA) is 73.6 Å². The summed E-state index contributed by atoms with van der Waals surface area (Å²) in [6.07, 6.45) is -0.120. The van der Waals surface area contributed by atoms with E-state index in [4.69, 9.17) is 15.2 Å². The number of aryl methyl sites for hydroxylation is 1. The second kappa shape index (κ2) is 5.19. The summed E-state index contributed by atoms with van der Waals surface area (Å²) < 4.78 is 11.1. The van der Waals surface area contributed by atoms with Gasteiger partial charge < -0.3 is 20.5 Å². The van der Waals surface area contributed by atoms with Crippen LogP contribution in [0, 0.1) is 6.92 Å². The van der Waals surface area contributed by atoms with Crippen LogP contribution in [0.2, 0.25) is 0 Å². The number of anilines is 1. The summed E-state index contributed by atoms with van der Waals surface area (Å²) in [6.45, 7) is 6.53. The lowest BCUT2D eigenvalue weighted by Crippen LogP contribution is -2.34. The van der Waals surface area contributed by atoms with Gasteiger partial charge in [-0.25, -0.2) is 0 Å². The van der Waals surface area contributed by atoms with Crippen LogP contribution >= 0.6 is 0 Å². The van der Waals surface area contributed by atoms with Crippen molar-refractivity contribution in [2.75, 3.05) is 18.9 Å². The fourth-order valence-electron chi connectivity index (χ4n) is 2.03. The van der Waals surface area contributed by atoms with Crippen molar-refractivity contribution >= 4 is 11.6 Å². The van der Waals surface area contributed by atoms with Crippen molar-refractivity contribution in [2.45, 2.75) is 32.7 Å². The fraction of sp³-hybridized carbons (Fsp3) is 0.500. The highest BCUT2D eigenvalue weighted by Crippen LogP contribution is 2.22. The Morgan fingerprint density at radius 1 is 1.53 bits per heavy atom. The Labute approximate surface area is 113 Å². The molecule has 1 aromatic rings. The van der Waals surface area contributed by atoms with Gasteiger partial charge in [-0.1, -0.05) is 11.6 Å². The number of nitrogen functional groups attached to an aromatic ring is 1.